The third-order valence-corrected chi connectivity index (χ3v) is 19.4. The van der Waals surface area contributed by atoms with Gasteiger partial charge in [0.15, 0.2) is 28.3 Å². The monoisotopic (exact) mass is 872 g/mol. The van der Waals surface area contributed by atoms with Crippen LogP contribution in [0.5, 0.6) is 17.2 Å². The molecule has 11 heteroatoms. The first kappa shape index (κ1) is 44.8. The zero-order chi connectivity index (χ0) is 43.9. The van der Waals surface area contributed by atoms with Crippen LogP contribution in [0, 0.1) is 0 Å². The number of benzene rings is 5. The number of ether oxygens (including phenoxy) is 6. The molecule has 0 fully saturated rings. The summed E-state index contributed by atoms with van der Waals surface area (Å²) in [6.07, 6.45) is 6.57. The fourth-order valence-electron chi connectivity index (χ4n) is 8.90. The average molecular weight is 873 g/mol. The van der Waals surface area contributed by atoms with E-state index in [1.807, 2.05) is 78.9 Å². The van der Waals surface area contributed by atoms with Crippen LogP contribution in [0.1, 0.15) is 72.9 Å². The number of hydrogen-bond acceptors (Lipinski definition) is 9. The first-order valence-electron chi connectivity index (χ1n) is 21.9. The van der Waals surface area contributed by atoms with Crippen LogP contribution in [0.2, 0.25) is 38.3 Å². The second-order valence-corrected chi connectivity index (χ2v) is 26.2. The summed E-state index contributed by atoms with van der Waals surface area (Å²) in [5.74, 6) is 1.20. The largest absolute Gasteiger partial charge is 0.497 e. The van der Waals surface area contributed by atoms with Gasteiger partial charge in [0.1, 0.15) is 23.9 Å². The number of methoxy groups -OCH3 is 2. The number of hydrogen-bond donors (Lipinski definition) is 0. The predicted octanol–water partition coefficient (Wildman–Crippen LogP) is 11.8. The van der Waals surface area contributed by atoms with Gasteiger partial charge in [0.2, 0.25) is 0 Å². The molecule has 1 aliphatic carbocycles. The molecule has 62 heavy (non-hydrogen) atoms. The van der Waals surface area contributed by atoms with Crippen molar-refractivity contribution in [3.05, 3.63) is 131 Å². The second kappa shape index (κ2) is 19.5. The van der Waals surface area contributed by atoms with Crippen molar-refractivity contribution < 1.29 is 42.1 Å². The summed E-state index contributed by atoms with van der Waals surface area (Å²) in [5.41, 5.74) is 5.37. The number of unbranched alkanes of at least 4 members (excludes halogenated alkanes) is 1. The molecule has 5 aromatic carbocycles. The Morgan fingerprint density at radius 2 is 1.29 bits per heavy atom. The van der Waals surface area contributed by atoms with Crippen molar-refractivity contribution in [1.29, 1.82) is 0 Å². The molecule has 1 heterocycles. The molecule has 0 saturated carbocycles. The van der Waals surface area contributed by atoms with Crippen LogP contribution in [-0.4, -0.2) is 62.6 Å². The Hall–Kier alpha value is -5.21. The van der Waals surface area contributed by atoms with Crippen LogP contribution in [0.25, 0.3) is 28.0 Å². The van der Waals surface area contributed by atoms with Crippen molar-refractivity contribution >= 4 is 45.4 Å². The molecule has 5 aromatic rings. The maximum absolute atomic E-state index is 13.7. The highest BCUT2D eigenvalue weighted by atomic mass is 28.4. The predicted molar refractivity (Wildman–Crippen MR) is 250 cm³/mol. The number of fused-ring (bicyclic) bond motifs is 8. The van der Waals surface area contributed by atoms with Gasteiger partial charge in [-0.25, -0.2) is 0 Å². The maximum atomic E-state index is 13.7. The number of carbonyl (C=O) groups is 2. The molecule has 0 saturated heterocycles. The highest BCUT2D eigenvalue weighted by Gasteiger charge is 2.43. The van der Waals surface area contributed by atoms with Crippen molar-refractivity contribution in [2.24, 2.45) is 0 Å². The minimum atomic E-state index is -1.77. The highest BCUT2D eigenvalue weighted by molar-refractivity contribution is 6.84. The molecule has 0 N–H and O–H groups in total. The van der Waals surface area contributed by atoms with Crippen molar-refractivity contribution in [3.8, 4) is 28.4 Å². The summed E-state index contributed by atoms with van der Waals surface area (Å²) >= 11 is 0. The molecule has 0 amide bonds. The third-order valence-electron chi connectivity index (χ3n) is 11.8. The van der Waals surface area contributed by atoms with E-state index >= 15 is 0 Å². The van der Waals surface area contributed by atoms with Gasteiger partial charge < -0.3 is 32.5 Å². The van der Waals surface area contributed by atoms with Gasteiger partial charge in [-0.2, -0.15) is 0 Å². The van der Waals surface area contributed by atoms with Gasteiger partial charge in [-0.1, -0.05) is 98.6 Å². The van der Waals surface area contributed by atoms with E-state index in [0.717, 1.165) is 73.7 Å². The molecule has 0 spiro atoms. The van der Waals surface area contributed by atoms with Crippen LogP contribution in [0.3, 0.4) is 0 Å². The summed E-state index contributed by atoms with van der Waals surface area (Å²) in [4.78, 5) is 26.5. The van der Waals surface area contributed by atoms with Crippen LogP contribution in [0.4, 0.5) is 0 Å². The number of carbonyl (C=O) groups excluding carboxylic acids is 2. The Balaban J connectivity index is 1.05. The van der Waals surface area contributed by atoms with E-state index in [4.69, 9.17) is 32.5 Å². The van der Waals surface area contributed by atoms with Gasteiger partial charge in [0.05, 0.1) is 33.7 Å². The molecular weight excluding hydrogens is 813 g/mol. The molecule has 1 atom stereocenters. The fourth-order valence-corrected chi connectivity index (χ4v) is 17.9. The quantitative estimate of drug-likeness (QED) is 0.0430. The molecule has 0 radical (unpaired) electrons. The summed E-state index contributed by atoms with van der Waals surface area (Å²) in [7, 11) is -0.114. The summed E-state index contributed by atoms with van der Waals surface area (Å²) in [6.45, 7) is 12.5. The van der Waals surface area contributed by atoms with Gasteiger partial charge in [-0.3, -0.25) is 9.59 Å². The smallest absolute Gasteiger partial charge is 0.307 e. The van der Waals surface area contributed by atoms with Gasteiger partial charge >= 0.3 is 11.9 Å². The summed E-state index contributed by atoms with van der Waals surface area (Å²) in [6, 6.07) is 34.3. The molecule has 1 aliphatic heterocycles. The lowest BCUT2D eigenvalue weighted by Crippen LogP contribution is -2.44. The van der Waals surface area contributed by atoms with Crippen LogP contribution >= 0.6 is 0 Å². The van der Waals surface area contributed by atoms with E-state index in [2.05, 4.69) is 63.5 Å². The van der Waals surface area contributed by atoms with E-state index in [1.165, 1.54) is 18.9 Å². The Kier molecular flexibility index (Phi) is 14.1. The van der Waals surface area contributed by atoms with Crippen molar-refractivity contribution in [2.45, 2.75) is 89.0 Å². The van der Waals surface area contributed by atoms with Crippen molar-refractivity contribution in [1.82, 2.24) is 0 Å². The average Bonchev–Trinajstić information content (AvgIpc) is 3.60. The van der Waals surface area contributed by atoms with Crippen LogP contribution in [0.15, 0.2) is 103 Å². The van der Waals surface area contributed by atoms with Crippen LogP contribution < -0.4 is 14.2 Å². The number of rotatable bonds is 20. The van der Waals surface area contributed by atoms with Gasteiger partial charge in [0.25, 0.3) is 0 Å². The van der Waals surface area contributed by atoms with Crippen molar-refractivity contribution in [2.75, 3.05) is 34.0 Å². The highest BCUT2D eigenvalue weighted by Crippen LogP contribution is 2.56. The van der Waals surface area contributed by atoms with E-state index < -0.39 is 40.3 Å². The third kappa shape index (κ3) is 9.86. The Labute approximate surface area is 368 Å². The lowest BCUT2D eigenvalue weighted by molar-refractivity contribution is -0.153. The van der Waals surface area contributed by atoms with Gasteiger partial charge in [-0.15, -0.1) is 0 Å². The first-order valence-corrected chi connectivity index (χ1v) is 28.1. The number of esters is 2. The maximum Gasteiger partial charge on any atom is 0.307 e. The summed E-state index contributed by atoms with van der Waals surface area (Å²) in [5, 5.41) is 1.92. The summed E-state index contributed by atoms with van der Waals surface area (Å²) < 4.78 is 42.6. The van der Waals surface area contributed by atoms with E-state index in [9.17, 15) is 9.59 Å². The van der Waals surface area contributed by atoms with E-state index in [-0.39, 0.29) is 19.4 Å². The molecular formula is C51H60O9Si2. The minimum absolute atomic E-state index is 0.0972. The molecule has 1 unspecified atom stereocenters. The normalized spacial score (nSPS) is 15.0. The first-order chi connectivity index (χ1) is 29.9. The van der Waals surface area contributed by atoms with E-state index in [1.54, 1.807) is 14.2 Å². The van der Waals surface area contributed by atoms with E-state index in [0.29, 0.717) is 19.0 Å². The molecule has 326 valence electrons. The SMILES string of the molecule is CCCC[Si](C)(C)O[Si](C)(C)CCCOCCOC(=O)CCC(=O)OC1c2ccccc2-c2c1c1c(c3ccccc23)OC(c2ccc(OC)cc2)(c2ccc(OC)cc2)C=C1. The topological polar surface area (TPSA) is 98.8 Å². The molecule has 7 rings (SSSR count). The zero-order valence-electron chi connectivity index (χ0n) is 37.2. The Bertz CT molecular complexity index is 2340. The van der Waals surface area contributed by atoms with Crippen molar-refractivity contribution in [3.63, 3.8) is 0 Å². The molecule has 9 nitrogen and oxygen atoms in total. The fraction of sp³-hybridized carbons (Fsp3) is 0.373. The molecule has 2 aliphatic rings. The Morgan fingerprint density at radius 3 is 1.94 bits per heavy atom. The lowest BCUT2D eigenvalue weighted by atomic mass is 9.81. The lowest BCUT2D eigenvalue weighted by Gasteiger charge is -2.37. The second-order valence-electron chi connectivity index (χ2n) is 17.3. The zero-order valence-corrected chi connectivity index (χ0v) is 39.2. The molecule has 0 aromatic heterocycles. The van der Waals surface area contributed by atoms with Gasteiger partial charge in [0, 0.05) is 39.8 Å². The van der Waals surface area contributed by atoms with Crippen LogP contribution in [-0.2, 0) is 33.5 Å². The standard InChI is InChI=1S/C51H60O9Si2/c1-8-9-34-61(4,5)60-62(6,7)35-14-31-56-32-33-57-45(52)27-28-46(53)58-50-43-18-13-11-16-41(43)47-40-15-10-12-17-42(40)49-44(48(47)50)29-30-51(59-49,36-19-23-38(54-2)24-20-36)37-21-25-39(55-3)26-22-37/h10-13,15-26,29-30,50H,8-9,14,27-28,31-35H2,1-7H3. The minimum Gasteiger partial charge on any atom is -0.497 e. The molecule has 0 bridgehead atoms. The Morgan fingerprint density at radius 1 is 0.694 bits per heavy atom. The van der Waals surface area contributed by atoms with Gasteiger partial charge in [-0.05, 0) is 91.6 Å².